The average Bonchev–Trinajstić information content (AvgIpc) is 2.45. The summed E-state index contributed by atoms with van der Waals surface area (Å²) in [7, 11) is 0. The predicted molar refractivity (Wildman–Crippen MR) is 69.5 cm³/mol. The Morgan fingerprint density at radius 1 is 1.21 bits per heavy atom. The van der Waals surface area contributed by atoms with Crippen LogP contribution in [0.2, 0.25) is 0 Å². The standard InChI is InChI=1S/C14H19O5/c1-3-9-17-13-7-5-12(6-8-13)14(15)19-18-11-10-16-4-2/h5-8,11H,3-4,9-10H2,1-2H3. The molecule has 19 heavy (non-hydrogen) atoms. The van der Waals surface area contributed by atoms with Gasteiger partial charge in [0.1, 0.15) is 5.75 Å². The molecular weight excluding hydrogens is 248 g/mol. The maximum absolute atomic E-state index is 11.6. The fraction of sp³-hybridized carbons (Fsp3) is 0.429. The number of carbonyl (C=O) groups is 1. The van der Waals surface area contributed by atoms with Gasteiger partial charge in [-0.1, -0.05) is 6.92 Å². The van der Waals surface area contributed by atoms with Crippen molar-refractivity contribution in [2.45, 2.75) is 20.3 Å². The second-order valence-corrected chi connectivity index (χ2v) is 3.67. The van der Waals surface area contributed by atoms with Gasteiger partial charge in [-0.3, -0.25) is 4.89 Å². The molecule has 0 amide bonds. The van der Waals surface area contributed by atoms with Gasteiger partial charge >= 0.3 is 5.97 Å². The van der Waals surface area contributed by atoms with E-state index in [1.54, 1.807) is 24.3 Å². The molecule has 1 radical (unpaired) electrons. The molecule has 0 fully saturated rings. The molecule has 0 saturated heterocycles. The third-order valence-electron chi connectivity index (χ3n) is 2.14. The summed E-state index contributed by atoms with van der Waals surface area (Å²) < 4.78 is 10.4. The van der Waals surface area contributed by atoms with Crippen LogP contribution in [0.3, 0.4) is 0 Å². The molecular formula is C14H19O5. The lowest BCUT2D eigenvalue weighted by atomic mass is 10.2. The van der Waals surface area contributed by atoms with Gasteiger partial charge in [0.15, 0.2) is 6.61 Å². The van der Waals surface area contributed by atoms with Crippen molar-refractivity contribution in [1.82, 2.24) is 0 Å². The maximum atomic E-state index is 11.6. The van der Waals surface area contributed by atoms with Gasteiger partial charge in [-0.25, -0.2) is 4.79 Å². The van der Waals surface area contributed by atoms with Gasteiger partial charge in [0.25, 0.3) is 0 Å². The van der Waals surface area contributed by atoms with Crippen molar-refractivity contribution in [1.29, 1.82) is 0 Å². The average molecular weight is 267 g/mol. The summed E-state index contributed by atoms with van der Waals surface area (Å²) in [5.41, 5.74) is 0.397. The summed E-state index contributed by atoms with van der Waals surface area (Å²) in [6.07, 6.45) is 0.938. The first-order chi connectivity index (χ1) is 9.27. The van der Waals surface area contributed by atoms with E-state index in [1.165, 1.54) is 6.61 Å². The van der Waals surface area contributed by atoms with E-state index in [9.17, 15) is 4.79 Å². The van der Waals surface area contributed by atoms with E-state index in [4.69, 9.17) is 9.47 Å². The maximum Gasteiger partial charge on any atom is 0.373 e. The van der Waals surface area contributed by atoms with E-state index < -0.39 is 5.97 Å². The lowest BCUT2D eigenvalue weighted by Gasteiger charge is -2.06. The fourth-order valence-corrected chi connectivity index (χ4v) is 1.23. The van der Waals surface area contributed by atoms with Gasteiger partial charge in [0.05, 0.1) is 18.8 Å². The SMILES string of the molecule is CCCOc1ccc(C(=O)OO[CH]COCC)cc1. The molecule has 1 rings (SSSR count). The van der Waals surface area contributed by atoms with E-state index in [0.29, 0.717) is 18.8 Å². The number of hydrogen-bond acceptors (Lipinski definition) is 5. The molecule has 0 aliphatic heterocycles. The molecule has 0 bridgehead atoms. The third kappa shape index (κ3) is 6.22. The van der Waals surface area contributed by atoms with Crippen molar-refractivity contribution >= 4 is 5.97 Å². The molecule has 0 atom stereocenters. The Kier molecular flexibility index (Phi) is 7.62. The van der Waals surface area contributed by atoms with E-state index >= 15 is 0 Å². The first kappa shape index (κ1) is 15.5. The minimum Gasteiger partial charge on any atom is -0.494 e. The smallest absolute Gasteiger partial charge is 0.373 e. The van der Waals surface area contributed by atoms with E-state index in [1.807, 2.05) is 13.8 Å². The Hall–Kier alpha value is -1.59. The molecule has 0 aliphatic rings. The number of carbonyl (C=O) groups excluding carboxylic acids is 1. The topological polar surface area (TPSA) is 54.0 Å². The van der Waals surface area contributed by atoms with Crippen LogP contribution in [0.25, 0.3) is 0 Å². The molecule has 0 saturated carbocycles. The Balaban J connectivity index is 2.32. The molecule has 5 nitrogen and oxygen atoms in total. The van der Waals surface area contributed by atoms with Crippen molar-refractivity contribution in [3.05, 3.63) is 36.4 Å². The number of hydrogen-bond donors (Lipinski definition) is 0. The largest absolute Gasteiger partial charge is 0.494 e. The van der Waals surface area contributed by atoms with Gasteiger partial charge < -0.3 is 9.47 Å². The van der Waals surface area contributed by atoms with E-state index in [0.717, 1.165) is 12.2 Å². The minimum atomic E-state index is -0.560. The quantitative estimate of drug-likeness (QED) is 0.391. The van der Waals surface area contributed by atoms with Crippen LogP contribution in [-0.2, 0) is 14.5 Å². The van der Waals surface area contributed by atoms with Gasteiger partial charge in [0.2, 0.25) is 0 Å². The molecule has 1 aromatic rings. The van der Waals surface area contributed by atoms with Gasteiger partial charge in [0, 0.05) is 6.61 Å². The highest BCUT2D eigenvalue weighted by Gasteiger charge is 2.08. The number of rotatable bonds is 9. The Morgan fingerprint density at radius 2 is 1.95 bits per heavy atom. The second-order valence-electron chi connectivity index (χ2n) is 3.67. The summed E-state index contributed by atoms with van der Waals surface area (Å²) in [6.45, 7) is 6.67. The molecule has 0 aromatic heterocycles. The van der Waals surface area contributed by atoms with Gasteiger partial charge in [-0.05, 0) is 37.6 Å². The molecule has 0 unspecified atom stereocenters. The number of ether oxygens (including phenoxy) is 2. The Labute approximate surface area is 113 Å². The zero-order valence-corrected chi connectivity index (χ0v) is 11.3. The van der Waals surface area contributed by atoms with Crippen LogP contribution in [0, 0.1) is 6.61 Å². The molecule has 0 aliphatic carbocycles. The van der Waals surface area contributed by atoms with E-state index in [-0.39, 0.29) is 6.61 Å². The van der Waals surface area contributed by atoms with Gasteiger partial charge in [-0.15, -0.1) is 0 Å². The van der Waals surface area contributed by atoms with Crippen molar-refractivity contribution in [3.63, 3.8) is 0 Å². The summed E-state index contributed by atoms with van der Waals surface area (Å²) in [6, 6.07) is 6.69. The Morgan fingerprint density at radius 3 is 2.58 bits per heavy atom. The van der Waals surface area contributed by atoms with Gasteiger partial charge in [-0.2, -0.15) is 4.89 Å². The summed E-state index contributed by atoms with van der Waals surface area (Å²) in [4.78, 5) is 20.8. The van der Waals surface area contributed by atoms with Crippen molar-refractivity contribution < 1.29 is 24.0 Å². The molecule has 105 valence electrons. The van der Waals surface area contributed by atoms with Crippen LogP contribution in [0.5, 0.6) is 5.75 Å². The fourth-order valence-electron chi connectivity index (χ4n) is 1.23. The van der Waals surface area contributed by atoms with Crippen LogP contribution in [-0.4, -0.2) is 25.8 Å². The van der Waals surface area contributed by atoms with Crippen molar-refractivity contribution in [2.75, 3.05) is 19.8 Å². The van der Waals surface area contributed by atoms with Crippen LogP contribution in [0.1, 0.15) is 30.6 Å². The number of benzene rings is 1. The normalized spacial score (nSPS) is 10.2. The highest BCUT2D eigenvalue weighted by molar-refractivity contribution is 5.89. The minimum absolute atomic E-state index is 0.271. The Bertz CT molecular complexity index is 361. The first-order valence-corrected chi connectivity index (χ1v) is 6.27. The zero-order valence-electron chi connectivity index (χ0n) is 11.3. The van der Waals surface area contributed by atoms with Crippen molar-refractivity contribution in [3.8, 4) is 5.75 Å². The monoisotopic (exact) mass is 267 g/mol. The van der Waals surface area contributed by atoms with Crippen LogP contribution in [0.4, 0.5) is 0 Å². The van der Waals surface area contributed by atoms with Crippen molar-refractivity contribution in [2.24, 2.45) is 0 Å². The summed E-state index contributed by atoms with van der Waals surface area (Å²) in [5.74, 6) is 0.164. The molecule has 5 heteroatoms. The van der Waals surface area contributed by atoms with E-state index in [2.05, 4.69) is 9.78 Å². The molecule has 1 aromatic carbocycles. The first-order valence-electron chi connectivity index (χ1n) is 6.27. The lowest BCUT2D eigenvalue weighted by molar-refractivity contribution is -0.218. The highest BCUT2D eigenvalue weighted by Crippen LogP contribution is 2.13. The zero-order chi connectivity index (χ0) is 13.9. The summed E-state index contributed by atoms with van der Waals surface area (Å²) >= 11 is 0. The van der Waals surface area contributed by atoms with Crippen LogP contribution < -0.4 is 4.74 Å². The third-order valence-corrected chi connectivity index (χ3v) is 2.14. The van der Waals surface area contributed by atoms with Crippen LogP contribution in [0.15, 0.2) is 24.3 Å². The molecule has 0 N–H and O–H groups in total. The molecule has 0 spiro atoms. The summed E-state index contributed by atoms with van der Waals surface area (Å²) in [5, 5.41) is 0. The highest BCUT2D eigenvalue weighted by atomic mass is 17.2. The second kappa shape index (κ2) is 9.35. The van der Waals surface area contributed by atoms with Crippen LogP contribution >= 0.6 is 0 Å². The molecule has 0 heterocycles. The predicted octanol–water partition coefficient (Wildman–Crippen LogP) is 2.76. The lowest BCUT2D eigenvalue weighted by Crippen LogP contribution is -2.07.